The summed E-state index contributed by atoms with van der Waals surface area (Å²) in [4.78, 5) is 18.5. The molecule has 0 aliphatic carbocycles. The summed E-state index contributed by atoms with van der Waals surface area (Å²) in [7, 11) is 0. The number of hydrogen-bond donors (Lipinski definition) is 2. The summed E-state index contributed by atoms with van der Waals surface area (Å²) < 4.78 is 5.52. The Morgan fingerprint density at radius 2 is 2.00 bits per heavy atom. The largest absolute Gasteiger partial charge is 0.484 e. The summed E-state index contributed by atoms with van der Waals surface area (Å²) in [5.41, 5.74) is 8.18. The molecule has 1 aliphatic heterocycles. The Morgan fingerprint density at radius 3 is 2.70 bits per heavy atom. The second-order valence-corrected chi connectivity index (χ2v) is 7.17. The molecule has 0 atom stereocenters. The zero-order valence-electron chi connectivity index (χ0n) is 15.9. The number of anilines is 1. The second kappa shape index (κ2) is 9.37. The summed E-state index contributed by atoms with van der Waals surface area (Å²) in [5.74, 6) is 1.77. The molecule has 1 aliphatic rings. The number of aromatic nitrogens is 1. The summed E-state index contributed by atoms with van der Waals surface area (Å²) in [6.07, 6.45) is 3.86. The van der Waals surface area contributed by atoms with Gasteiger partial charge in [-0.2, -0.15) is 0 Å². The van der Waals surface area contributed by atoms with Gasteiger partial charge < -0.3 is 15.8 Å². The van der Waals surface area contributed by atoms with Crippen molar-refractivity contribution in [3.63, 3.8) is 0 Å². The summed E-state index contributed by atoms with van der Waals surface area (Å²) in [6, 6.07) is 11.7. The maximum atomic E-state index is 12.0. The Labute approximate surface area is 160 Å². The van der Waals surface area contributed by atoms with Gasteiger partial charge in [0.05, 0.1) is 0 Å². The van der Waals surface area contributed by atoms with Crippen LogP contribution in [0, 0.1) is 12.8 Å². The molecule has 2 aromatic rings. The van der Waals surface area contributed by atoms with Crippen LogP contribution in [-0.4, -0.2) is 42.0 Å². The van der Waals surface area contributed by atoms with Crippen molar-refractivity contribution in [3.8, 4) is 5.75 Å². The highest BCUT2D eigenvalue weighted by molar-refractivity contribution is 5.77. The Morgan fingerprint density at radius 1 is 1.26 bits per heavy atom. The molecule has 2 heterocycles. The number of piperidine rings is 1. The van der Waals surface area contributed by atoms with Crippen molar-refractivity contribution < 1.29 is 9.53 Å². The monoisotopic (exact) mass is 368 g/mol. The minimum absolute atomic E-state index is 0.0577. The first kappa shape index (κ1) is 19.2. The van der Waals surface area contributed by atoms with Crippen molar-refractivity contribution in [1.82, 2.24) is 15.2 Å². The molecule has 144 valence electrons. The fourth-order valence-electron chi connectivity index (χ4n) is 3.27. The maximum absolute atomic E-state index is 12.0. The third-order valence-corrected chi connectivity index (χ3v) is 5.01. The topological polar surface area (TPSA) is 80.5 Å². The normalized spacial score (nSPS) is 15.4. The van der Waals surface area contributed by atoms with E-state index in [4.69, 9.17) is 10.5 Å². The Hall–Kier alpha value is -2.60. The average Bonchev–Trinajstić information content (AvgIpc) is 2.69. The van der Waals surface area contributed by atoms with E-state index in [-0.39, 0.29) is 12.5 Å². The number of rotatable bonds is 7. The third-order valence-electron chi connectivity index (χ3n) is 5.01. The number of amides is 1. The van der Waals surface area contributed by atoms with Crippen LogP contribution in [0.25, 0.3) is 0 Å². The van der Waals surface area contributed by atoms with Crippen LogP contribution in [0.5, 0.6) is 5.75 Å². The molecule has 1 amide bonds. The summed E-state index contributed by atoms with van der Waals surface area (Å²) >= 11 is 0. The molecule has 0 spiro atoms. The molecule has 1 fully saturated rings. The van der Waals surface area contributed by atoms with E-state index in [9.17, 15) is 4.79 Å². The Kier molecular flexibility index (Phi) is 6.65. The molecule has 0 radical (unpaired) electrons. The molecule has 1 aromatic heterocycles. The molecule has 3 N–H and O–H groups in total. The molecule has 1 aromatic carbocycles. The van der Waals surface area contributed by atoms with Gasteiger partial charge in [0, 0.05) is 24.8 Å². The van der Waals surface area contributed by atoms with Gasteiger partial charge in [-0.15, -0.1) is 0 Å². The van der Waals surface area contributed by atoms with E-state index in [1.165, 1.54) is 5.56 Å². The van der Waals surface area contributed by atoms with Crippen LogP contribution >= 0.6 is 0 Å². The van der Waals surface area contributed by atoms with E-state index in [0.29, 0.717) is 18.3 Å². The molecular weight excluding hydrogens is 340 g/mol. The van der Waals surface area contributed by atoms with Gasteiger partial charge in [-0.1, -0.05) is 23.8 Å². The van der Waals surface area contributed by atoms with E-state index in [1.807, 2.05) is 43.3 Å². The van der Waals surface area contributed by atoms with Crippen molar-refractivity contribution in [2.75, 3.05) is 32.0 Å². The number of likely N-dealkylation sites (tertiary alicyclic amines) is 1. The van der Waals surface area contributed by atoms with E-state index < -0.39 is 0 Å². The number of benzene rings is 1. The predicted octanol–water partition coefficient (Wildman–Crippen LogP) is 2.38. The van der Waals surface area contributed by atoms with Gasteiger partial charge in [0.15, 0.2) is 6.61 Å². The lowest BCUT2D eigenvalue weighted by Crippen LogP contribution is -2.39. The van der Waals surface area contributed by atoms with Gasteiger partial charge in [0.2, 0.25) is 0 Å². The number of pyridine rings is 1. The fraction of sp³-hybridized carbons (Fsp3) is 0.429. The molecule has 6 nitrogen and oxygen atoms in total. The highest BCUT2D eigenvalue weighted by Crippen LogP contribution is 2.20. The molecule has 0 bridgehead atoms. The number of nitrogens with one attached hydrogen (secondary N) is 1. The lowest BCUT2D eigenvalue weighted by Gasteiger charge is -2.32. The van der Waals surface area contributed by atoms with Crippen molar-refractivity contribution in [2.24, 2.45) is 5.92 Å². The molecule has 0 saturated carbocycles. The zero-order chi connectivity index (χ0) is 19.1. The number of nitrogen functional groups attached to an aromatic ring is 1. The van der Waals surface area contributed by atoms with E-state index in [0.717, 1.165) is 43.8 Å². The molecule has 0 unspecified atom stereocenters. The maximum Gasteiger partial charge on any atom is 0.257 e. The van der Waals surface area contributed by atoms with Gasteiger partial charge in [0.25, 0.3) is 5.91 Å². The SMILES string of the molecule is Cc1ccc(OCC(=O)NCC2CCN(Cc3cccnc3N)CC2)cc1. The van der Waals surface area contributed by atoms with Crippen LogP contribution in [0.15, 0.2) is 42.6 Å². The first-order valence-corrected chi connectivity index (χ1v) is 9.48. The molecule has 27 heavy (non-hydrogen) atoms. The van der Waals surface area contributed by atoms with Crippen molar-refractivity contribution in [2.45, 2.75) is 26.3 Å². The van der Waals surface area contributed by atoms with Crippen molar-refractivity contribution in [3.05, 3.63) is 53.7 Å². The molecule has 6 heteroatoms. The smallest absolute Gasteiger partial charge is 0.257 e. The van der Waals surface area contributed by atoms with Crippen LogP contribution in [-0.2, 0) is 11.3 Å². The van der Waals surface area contributed by atoms with Gasteiger partial charge in [-0.3, -0.25) is 9.69 Å². The van der Waals surface area contributed by atoms with Gasteiger partial charge in [-0.05, 0) is 57.0 Å². The highest BCUT2D eigenvalue weighted by atomic mass is 16.5. The number of hydrogen-bond acceptors (Lipinski definition) is 5. The Balaban J connectivity index is 1.33. The van der Waals surface area contributed by atoms with Crippen LogP contribution < -0.4 is 15.8 Å². The number of carbonyl (C=O) groups is 1. The van der Waals surface area contributed by atoms with Crippen LogP contribution in [0.4, 0.5) is 5.82 Å². The minimum Gasteiger partial charge on any atom is -0.484 e. The predicted molar refractivity (Wildman–Crippen MR) is 106 cm³/mol. The van der Waals surface area contributed by atoms with Crippen LogP contribution in [0.3, 0.4) is 0 Å². The number of nitrogens with two attached hydrogens (primary N) is 1. The quantitative estimate of drug-likeness (QED) is 0.784. The minimum atomic E-state index is -0.0684. The van der Waals surface area contributed by atoms with E-state index >= 15 is 0 Å². The average molecular weight is 368 g/mol. The molecule has 3 rings (SSSR count). The lowest BCUT2D eigenvalue weighted by molar-refractivity contribution is -0.123. The third kappa shape index (κ3) is 5.96. The molecular formula is C21H28N4O2. The lowest BCUT2D eigenvalue weighted by atomic mass is 9.96. The summed E-state index contributed by atoms with van der Waals surface area (Å²) in [5, 5.41) is 3.00. The first-order valence-electron chi connectivity index (χ1n) is 9.48. The van der Waals surface area contributed by atoms with Gasteiger partial charge in [-0.25, -0.2) is 4.98 Å². The number of carbonyl (C=O) groups excluding carboxylic acids is 1. The van der Waals surface area contributed by atoms with Crippen molar-refractivity contribution >= 4 is 11.7 Å². The van der Waals surface area contributed by atoms with E-state index in [2.05, 4.69) is 15.2 Å². The first-order chi connectivity index (χ1) is 13.1. The van der Waals surface area contributed by atoms with Crippen LogP contribution in [0.2, 0.25) is 0 Å². The van der Waals surface area contributed by atoms with Gasteiger partial charge >= 0.3 is 0 Å². The fourth-order valence-corrected chi connectivity index (χ4v) is 3.27. The van der Waals surface area contributed by atoms with E-state index in [1.54, 1.807) is 6.20 Å². The zero-order valence-corrected chi connectivity index (χ0v) is 15.9. The van der Waals surface area contributed by atoms with Crippen molar-refractivity contribution in [1.29, 1.82) is 0 Å². The number of aryl methyl sites for hydroxylation is 1. The summed E-state index contributed by atoms with van der Waals surface area (Å²) in [6.45, 7) is 5.64. The number of ether oxygens (including phenoxy) is 1. The Bertz CT molecular complexity index is 740. The van der Waals surface area contributed by atoms with Crippen LogP contribution in [0.1, 0.15) is 24.0 Å². The highest BCUT2D eigenvalue weighted by Gasteiger charge is 2.20. The van der Waals surface area contributed by atoms with Gasteiger partial charge in [0.1, 0.15) is 11.6 Å². The number of nitrogens with zero attached hydrogens (tertiary/aromatic N) is 2. The standard InChI is InChI=1S/C21H28N4O2/c1-16-4-6-19(7-5-16)27-15-20(26)24-13-17-8-11-25(12-9-17)14-18-3-2-10-23-21(18)22/h2-7,10,17H,8-9,11-15H2,1H3,(H2,22,23)(H,24,26). The second-order valence-electron chi connectivity index (χ2n) is 7.17. The molecule has 1 saturated heterocycles.